The first-order valence-electron chi connectivity index (χ1n) is 9.59. The van der Waals surface area contributed by atoms with Crippen LogP contribution in [-0.2, 0) is 11.2 Å². The van der Waals surface area contributed by atoms with Crippen LogP contribution in [0.3, 0.4) is 0 Å². The van der Waals surface area contributed by atoms with Gasteiger partial charge >= 0.3 is 0 Å². The van der Waals surface area contributed by atoms with E-state index in [9.17, 15) is 4.79 Å². The fourth-order valence-corrected chi connectivity index (χ4v) is 4.35. The van der Waals surface area contributed by atoms with Gasteiger partial charge < -0.3 is 0 Å². The van der Waals surface area contributed by atoms with E-state index in [1.54, 1.807) is 11.3 Å². The normalized spacial score (nSPS) is 10.8. The number of carbonyl (C=O) groups excluding carboxylic acids is 1. The van der Waals surface area contributed by atoms with Crippen molar-refractivity contribution in [2.24, 2.45) is 0 Å². The van der Waals surface area contributed by atoms with E-state index >= 15 is 0 Å². The molecule has 0 N–H and O–H groups in total. The van der Waals surface area contributed by atoms with Crippen molar-refractivity contribution in [2.45, 2.75) is 46.5 Å². The van der Waals surface area contributed by atoms with Gasteiger partial charge in [-0.1, -0.05) is 68.8 Å². The van der Waals surface area contributed by atoms with Crippen molar-refractivity contribution in [3.63, 3.8) is 0 Å². The highest BCUT2D eigenvalue weighted by Gasteiger charge is 2.24. The summed E-state index contributed by atoms with van der Waals surface area (Å²) in [4.78, 5) is 21.0. The Hall–Kier alpha value is -2.46. The van der Waals surface area contributed by atoms with Crippen LogP contribution in [0.15, 0.2) is 54.6 Å². The van der Waals surface area contributed by atoms with E-state index in [4.69, 9.17) is 4.98 Å². The molecule has 0 aliphatic carbocycles. The third kappa shape index (κ3) is 4.28. The van der Waals surface area contributed by atoms with E-state index in [2.05, 4.69) is 19.1 Å². The number of hydrogen-bond donors (Lipinski definition) is 0. The maximum atomic E-state index is 13.0. The topological polar surface area (TPSA) is 33.2 Å². The molecule has 0 spiro atoms. The summed E-state index contributed by atoms with van der Waals surface area (Å²) in [5.74, 6) is 0.100. The van der Waals surface area contributed by atoms with Gasteiger partial charge in [-0.25, -0.2) is 4.98 Å². The molecule has 2 aromatic carbocycles. The van der Waals surface area contributed by atoms with Gasteiger partial charge in [-0.15, -0.1) is 11.3 Å². The second-order valence-corrected chi connectivity index (χ2v) is 7.71. The first kappa shape index (κ1) is 19.3. The zero-order valence-corrected chi connectivity index (χ0v) is 17.1. The predicted octanol–water partition coefficient (Wildman–Crippen LogP) is 6.54. The van der Waals surface area contributed by atoms with Crippen molar-refractivity contribution >= 4 is 28.1 Å². The van der Waals surface area contributed by atoms with Gasteiger partial charge in [-0.3, -0.25) is 9.69 Å². The average molecular weight is 379 g/mol. The largest absolute Gasteiger partial charge is 0.274 e. The van der Waals surface area contributed by atoms with E-state index in [0.717, 1.165) is 46.9 Å². The molecule has 1 amide bonds. The number of amides is 1. The molecule has 0 aliphatic rings. The van der Waals surface area contributed by atoms with Gasteiger partial charge in [-0.05, 0) is 31.4 Å². The van der Waals surface area contributed by atoms with Gasteiger partial charge in [-0.2, -0.15) is 0 Å². The van der Waals surface area contributed by atoms with Crippen molar-refractivity contribution in [1.29, 1.82) is 0 Å². The van der Waals surface area contributed by atoms with Crippen molar-refractivity contribution in [1.82, 2.24) is 4.98 Å². The molecule has 0 fully saturated rings. The Morgan fingerprint density at radius 1 is 1.00 bits per heavy atom. The summed E-state index contributed by atoms with van der Waals surface area (Å²) in [6, 6.07) is 18.3. The number of thiazole rings is 1. The van der Waals surface area contributed by atoms with E-state index in [0.29, 0.717) is 6.42 Å². The van der Waals surface area contributed by atoms with Crippen LogP contribution < -0.4 is 4.90 Å². The van der Waals surface area contributed by atoms with Crippen LogP contribution in [0.1, 0.15) is 43.6 Å². The summed E-state index contributed by atoms with van der Waals surface area (Å²) in [5.41, 5.74) is 4.11. The maximum Gasteiger partial charge on any atom is 0.233 e. The van der Waals surface area contributed by atoms with Crippen LogP contribution in [-0.4, -0.2) is 10.9 Å². The summed E-state index contributed by atoms with van der Waals surface area (Å²) >= 11 is 1.64. The van der Waals surface area contributed by atoms with E-state index in [1.165, 1.54) is 4.88 Å². The highest BCUT2D eigenvalue weighted by molar-refractivity contribution is 7.16. The first-order chi connectivity index (χ1) is 13.2. The van der Waals surface area contributed by atoms with Gasteiger partial charge in [0.05, 0.1) is 11.4 Å². The molecule has 0 unspecified atom stereocenters. The fourth-order valence-electron chi connectivity index (χ4n) is 3.14. The van der Waals surface area contributed by atoms with Crippen molar-refractivity contribution in [3.05, 3.63) is 65.0 Å². The molecule has 0 radical (unpaired) electrons. The molecular formula is C23H26N2OS. The molecule has 1 heterocycles. The second kappa shape index (κ2) is 8.96. The highest BCUT2D eigenvalue weighted by Crippen LogP contribution is 2.38. The van der Waals surface area contributed by atoms with Gasteiger partial charge in [0.2, 0.25) is 5.91 Å². The Bertz CT molecular complexity index is 902. The molecule has 0 saturated carbocycles. The quantitative estimate of drug-likeness (QED) is 0.468. The lowest BCUT2D eigenvalue weighted by atomic mass is 10.1. The average Bonchev–Trinajstić information content (AvgIpc) is 3.08. The van der Waals surface area contributed by atoms with Crippen LogP contribution >= 0.6 is 11.3 Å². The van der Waals surface area contributed by atoms with Gasteiger partial charge in [0.25, 0.3) is 0 Å². The molecule has 0 saturated heterocycles. The lowest BCUT2D eigenvalue weighted by Crippen LogP contribution is -2.26. The smallest absolute Gasteiger partial charge is 0.233 e. The van der Waals surface area contributed by atoms with Gasteiger partial charge in [0, 0.05) is 16.9 Å². The molecule has 0 atom stereocenters. The second-order valence-electron chi connectivity index (χ2n) is 6.65. The van der Waals surface area contributed by atoms with Crippen LogP contribution in [0.5, 0.6) is 0 Å². The number of para-hydroxylation sites is 1. The van der Waals surface area contributed by atoms with Crippen molar-refractivity contribution < 1.29 is 4.79 Å². The van der Waals surface area contributed by atoms with Crippen LogP contribution in [0.2, 0.25) is 0 Å². The molecule has 3 aromatic rings. The molecule has 0 aliphatic heterocycles. The summed E-state index contributed by atoms with van der Waals surface area (Å²) in [7, 11) is 0. The molecule has 3 rings (SSSR count). The van der Waals surface area contributed by atoms with Crippen LogP contribution in [0.25, 0.3) is 11.3 Å². The highest BCUT2D eigenvalue weighted by atomic mass is 32.1. The summed E-state index contributed by atoms with van der Waals surface area (Å²) in [6.07, 6.45) is 3.35. The Labute approximate surface area is 165 Å². The third-order valence-corrected chi connectivity index (χ3v) is 5.57. The zero-order valence-electron chi connectivity index (χ0n) is 16.2. The number of aromatic nitrogens is 1. The van der Waals surface area contributed by atoms with E-state index < -0.39 is 0 Å². The van der Waals surface area contributed by atoms with E-state index in [1.807, 2.05) is 61.2 Å². The minimum atomic E-state index is 0.100. The summed E-state index contributed by atoms with van der Waals surface area (Å²) < 4.78 is 0. The lowest BCUT2D eigenvalue weighted by molar-refractivity contribution is -0.117. The Balaban J connectivity index is 2.12. The first-order valence-corrected chi connectivity index (χ1v) is 10.4. The number of rotatable bonds is 7. The summed E-state index contributed by atoms with van der Waals surface area (Å²) in [5, 5.41) is 0.769. The van der Waals surface area contributed by atoms with E-state index in [-0.39, 0.29) is 5.91 Å². The summed E-state index contributed by atoms with van der Waals surface area (Å²) in [6.45, 7) is 6.25. The minimum absolute atomic E-state index is 0.100. The monoisotopic (exact) mass is 378 g/mol. The number of benzene rings is 2. The predicted molar refractivity (Wildman–Crippen MR) is 115 cm³/mol. The Kier molecular flexibility index (Phi) is 6.40. The van der Waals surface area contributed by atoms with Crippen molar-refractivity contribution in [3.8, 4) is 11.3 Å². The third-order valence-electron chi connectivity index (χ3n) is 4.47. The molecule has 27 heavy (non-hydrogen) atoms. The van der Waals surface area contributed by atoms with Crippen LogP contribution in [0.4, 0.5) is 10.8 Å². The molecule has 140 valence electrons. The van der Waals surface area contributed by atoms with Crippen LogP contribution in [0, 0.1) is 6.92 Å². The van der Waals surface area contributed by atoms with Gasteiger partial charge in [0.15, 0.2) is 5.13 Å². The Morgan fingerprint density at radius 2 is 1.70 bits per heavy atom. The maximum absolute atomic E-state index is 13.0. The molecule has 1 aromatic heterocycles. The standard InChI is InChI=1S/C23H26N2OS/c1-4-11-20-22(18-14-7-6-8-15-18)24-23(27-20)25(21(26)12-5-2)19-16-10-9-13-17(19)3/h6-10,13-16H,4-5,11-12H2,1-3H3. The van der Waals surface area contributed by atoms with Crippen molar-refractivity contribution in [2.75, 3.05) is 4.90 Å². The Morgan fingerprint density at radius 3 is 2.37 bits per heavy atom. The number of anilines is 2. The van der Waals surface area contributed by atoms with Gasteiger partial charge in [0.1, 0.15) is 0 Å². The molecule has 4 heteroatoms. The lowest BCUT2D eigenvalue weighted by Gasteiger charge is -2.21. The molecule has 3 nitrogen and oxygen atoms in total. The zero-order chi connectivity index (χ0) is 19.2. The number of nitrogens with zero attached hydrogens (tertiary/aromatic N) is 2. The molecule has 0 bridgehead atoms. The fraction of sp³-hybridized carbons (Fsp3) is 0.304. The SMILES string of the molecule is CCCC(=O)N(c1nc(-c2ccccc2)c(CCC)s1)c1ccccc1C. The number of carbonyl (C=O) groups is 1. The molecular weight excluding hydrogens is 352 g/mol. The number of hydrogen-bond acceptors (Lipinski definition) is 3. The minimum Gasteiger partial charge on any atom is -0.274 e. The number of aryl methyl sites for hydroxylation is 2.